The average Bonchev–Trinajstić information content (AvgIpc) is 2.82. The zero-order valence-corrected chi connectivity index (χ0v) is 11.6. The van der Waals surface area contributed by atoms with Crippen LogP contribution in [0.5, 0.6) is 5.75 Å². The van der Waals surface area contributed by atoms with Crippen molar-refractivity contribution in [1.29, 1.82) is 0 Å². The number of rotatable bonds is 5. The van der Waals surface area contributed by atoms with Crippen LogP contribution in [-0.2, 0) is 17.9 Å². The van der Waals surface area contributed by atoms with Gasteiger partial charge in [0.25, 0.3) is 0 Å². The van der Waals surface area contributed by atoms with Gasteiger partial charge in [-0.05, 0) is 26.7 Å². The number of aromatic hydroxyl groups is 1. The molecule has 1 unspecified atom stereocenters. The SMILES string of the molecule is Cc1ncc(CO)c(CNCC2(C)CCCO2)c1O. The van der Waals surface area contributed by atoms with Gasteiger partial charge >= 0.3 is 0 Å². The van der Waals surface area contributed by atoms with Crippen molar-refractivity contribution in [1.82, 2.24) is 10.3 Å². The molecule has 5 heteroatoms. The third-order valence-corrected chi connectivity index (χ3v) is 3.70. The number of aliphatic hydroxyl groups is 1. The van der Waals surface area contributed by atoms with Crippen molar-refractivity contribution in [3.05, 3.63) is 23.0 Å². The largest absolute Gasteiger partial charge is 0.506 e. The summed E-state index contributed by atoms with van der Waals surface area (Å²) in [7, 11) is 0. The lowest BCUT2D eigenvalue weighted by Gasteiger charge is -2.24. The fourth-order valence-electron chi connectivity index (χ4n) is 2.45. The minimum absolute atomic E-state index is 0.114. The first-order valence-corrected chi connectivity index (χ1v) is 6.67. The van der Waals surface area contributed by atoms with Crippen molar-refractivity contribution in [3.63, 3.8) is 0 Å². The molecular weight excluding hydrogens is 244 g/mol. The van der Waals surface area contributed by atoms with Crippen LogP contribution in [0.25, 0.3) is 0 Å². The van der Waals surface area contributed by atoms with Gasteiger partial charge in [-0.1, -0.05) is 0 Å². The lowest BCUT2D eigenvalue weighted by Crippen LogP contribution is -2.37. The Kier molecular flexibility index (Phi) is 4.39. The summed E-state index contributed by atoms with van der Waals surface area (Å²) in [6.45, 7) is 5.78. The maximum absolute atomic E-state index is 10.0. The molecule has 0 spiro atoms. The van der Waals surface area contributed by atoms with Crippen molar-refractivity contribution in [2.75, 3.05) is 13.2 Å². The van der Waals surface area contributed by atoms with E-state index in [4.69, 9.17) is 4.74 Å². The molecule has 1 atom stereocenters. The van der Waals surface area contributed by atoms with Crippen molar-refractivity contribution >= 4 is 0 Å². The lowest BCUT2D eigenvalue weighted by atomic mass is 10.0. The molecule has 1 fully saturated rings. The van der Waals surface area contributed by atoms with Crippen LogP contribution < -0.4 is 5.32 Å². The number of hydrogen-bond donors (Lipinski definition) is 3. The van der Waals surface area contributed by atoms with E-state index < -0.39 is 0 Å². The van der Waals surface area contributed by atoms with E-state index in [0.717, 1.165) is 31.6 Å². The Morgan fingerprint density at radius 3 is 2.95 bits per heavy atom. The van der Waals surface area contributed by atoms with E-state index in [0.29, 0.717) is 17.8 Å². The van der Waals surface area contributed by atoms with Crippen LogP contribution in [0.15, 0.2) is 6.20 Å². The van der Waals surface area contributed by atoms with E-state index >= 15 is 0 Å². The molecule has 0 saturated carbocycles. The molecule has 19 heavy (non-hydrogen) atoms. The molecule has 1 saturated heterocycles. The first kappa shape index (κ1) is 14.2. The summed E-state index contributed by atoms with van der Waals surface area (Å²) in [5.74, 6) is 0.163. The van der Waals surface area contributed by atoms with E-state index in [1.54, 1.807) is 13.1 Å². The zero-order valence-electron chi connectivity index (χ0n) is 11.6. The minimum atomic E-state index is -0.119. The van der Waals surface area contributed by atoms with E-state index in [2.05, 4.69) is 17.2 Å². The van der Waals surface area contributed by atoms with Crippen molar-refractivity contribution in [3.8, 4) is 5.75 Å². The fourth-order valence-corrected chi connectivity index (χ4v) is 2.45. The summed E-state index contributed by atoms with van der Waals surface area (Å²) < 4.78 is 5.70. The summed E-state index contributed by atoms with van der Waals surface area (Å²) in [6.07, 6.45) is 3.76. The molecule has 2 rings (SSSR count). The number of hydrogen-bond acceptors (Lipinski definition) is 5. The molecule has 1 aromatic rings. The van der Waals surface area contributed by atoms with Gasteiger partial charge in [0, 0.05) is 37.0 Å². The minimum Gasteiger partial charge on any atom is -0.506 e. The van der Waals surface area contributed by atoms with Gasteiger partial charge in [-0.25, -0.2) is 0 Å². The van der Waals surface area contributed by atoms with E-state index in [1.807, 2.05) is 0 Å². The van der Waals surface area contributed by atoms with Crippen molar-refractivity contribution in [2.24, 2.45) is 0 Å². The molecule has 1 aliphatic rings. The van der Waals surface area contributed by atoms with Crippen LogP contribution in [-0.4, -0.2) is 33.9 Å². The Balaban J connectivity index is 2.00. The van der Waals surface area contributed by atoms with Crippen LogP contribution in [0.3, 0.4) is 0 Å². The number of aromatic nitrogens is 1. The zero-order chi connectivity index (χ0) is 13.9. The summed E-state index contributed by atoms with van der Waals surface area (Å²) in [6, 6.07) is 0. The number of pyridine rings is 1. The normalized spacial score (nSPS) is 22.9. The summed E-state index contributed by atoms with van der Waals surface area (Å²) in [4.78, 5) is 4.05. The quantitative estimate of drug-likeness (QED) is 0.748. The number of nitrogens with zero attached hydrogens (tertiary/aromatic N) is 1. The van der Waals surface area contributed by atoms with Gasteiger partial charge < -0.3 is 20.3 Å². The number of aryl methyl sites for hydroxylation is 1. The second-order valence-electron chi connectivity index (χ2n) is 5.36. The Hall–Kier alpha value is -1.17. The number of aliphatic hydroxyl groups excluding tert-OH is 1. The first-order valence-electron chi connectivity index (χ1n) is 6.67. The molecule has 0 bridgehead atoms. The Morgan fingerprint density at radius 2 is 2.32 bits per heavy atom. The molecule has 0 amide bonds. The highest BCUT2D eigenvalue weighted by atomic mass is 16.5. The van der Waals surface area contributed by atoms with Gasteiger partial charge in [0.2, 0.25) is 0 Å². The van der Waals surface area contributed by atoms with Crippen molar-refractivity contribution in [2.45, 2.75) is 45.4 Å². The molecule has 106 valence electrons. The molecule has 0 aliphatic carbocycles. The molecule has 0 aromatic carbocycles. The summed E-state index contributed by atoms with van der Waals surface area (Å²) in [5, 5.41) is 22.6. The predicted molar refractivity (Wildman–Crippen MR) is 71.9 cm³/mol. The van der Waals surface area contributed by atoms with E-state index in [1.165, 1.54) is 0 Å². The highest BCUT2D eigenvalue weighted by Gasteiger charge is 2.29. The predicted octanol–water partition coefficient (Wildman–Crippen LogP) is 1.25. The summed E-state index contributed by atoms with van der Waals surface area (Å²) in [5.41, 5.74) is 1.85. The number of nitrogens with one attached hydrogen (secondary N) is 1. The molecule has 1 aliphatic heterocycles. The van der Waals surface area contributed by atoms with Gasteiger partial charge in [-0.3, -0.25) is 4.98 Å². The van der Waals surface area contributed by atoms with E-state index in [-0.39, 0.29) is 18.0 Å². The smallest absolute Gasteiger partial charge is 0.141 e. The maximum Gasteiger partial charge on any atom is 0.141 e. The molecule has 0 radical (unpaired) electrons. The lowest BCUT2D eigenvalue weighted by molar-refractivity contribution is 0.0206. The third kappa shape index (κ3) is 3.23. The molecular formula is C14H22N2O3. The Bertz CT molecular complexity index is 443. The summed E-state index contributed by atoms with van der Waals surface area (Å²) >= 11 is 0. The fraction of sp³-hybridized carbons (Fsp3) is 0.643. The topological polar surface area (TPSA) is 74.6 Å². The third-order valence-electron chi connectivity index (χ3n) is 3.70. The highest BCUT2D eigenvalue weighted by molar-refractivity contribution is 5.40. The van der Waals surface area contributed by atoms with Gasteiger partial charge in [-0.2, -0.15) is 0 Å². The van der Waals surface area contributed by atoms with Crippen LogP contribution in [0.4, 0.5) is 0 Å². The van der Waals surface area contributed by atoms with Gasteiger partial charge in [0.05, 0.1) is 17.9 Å². The molecule has 5 nitrogen and oxygen atoms in total. The Morgan fingerprint density at radius 1 is 1.53 bits per heavy atom. The first-order chi connectivity index (χ1) is 9.06. The van der Waals surface area contributed by atoms with Crippen LogP contribution >= 0.6 is 0 Å². The second kappa shape index (κ2) is 5.86. The van der Waals surface area contributed by atoms with Crippen molar-refractivity contribution < 1.29 is 14.9 Å². The van der Waals surface area contributed by atoms with Gasteiger partial charge in [0.15, 0.2) is 0 Å². The Labute approximate surface area is 113 Å². The standard InChI is InChI=1S/C14H22N2O3/c1-10-13(18)12(11(8-17)6-16-10)7-15-9-14(2)4-3-5-19-14/h6,15,17-18H,3-5,7-9H2,1-2H3. The highest BCUT2D eigenvalue weighted by Crippen LogP contribution is 2.26. The second-order valence-corrected chi connectivity index (χ2v) is 5.36. The molecule has 1 aromatic heterocycles. The van der Waals surface area contributed by atoms with E-state index in [9.17, 15) is 10.2 Å². The van der Waals surface area contributed by atoms with Crippen LogP contribution in [0.1, 0.15) is 36.6 Å². The number of ether oxygens (including phenoxy) is 1. The molecule has 2 heterocycles. The maximum atomic E-state index is 10.0. The van der Waals surface area contributed by atoms with Crippen LogP contribution in [0, 0.1) is 6.92 Å². The van der Waals surface area contributed by atoms with Crippen LogP contribution in [0.2, 0.25) is 0 Å². The monoisotopic (exact) mass is 266 g/mol. The average molecular weight is 266 g/mol. The van der Waals surface area contributed by atoms with Gasteiger partial charge in [-0.15, -0.1) is 0 Å². The molecule has 3 N–H and O–H groups in total. The van der Waals surface area contributed by atoms with Gasteiger partial charge in [0.1, 0.15) is 5.75 Å².